The van der Waals surface area contributed by atoms with Gasteiger partial charge in [0.25, 0.3) is 0 Å². The maximum absolute atomic E-state index is 12.4. The van der Waals surface area contributed by atoms with Gasteiger partial charge in [0.05, 0.1) is 11.1 Å². The molecular weight excluding hydrogens is 597 g/mol. The highest BCUT2D eigenvalue weighted by molar-refractivity contribution is 14.1. The number of carbonyl (C=O) groups is 1. The van der Waals surface area contributed by atoms with Gasteiger partial charge < -0.3 is 14.2 Å². The van der Waals surface area contributed by atoms with Gasteiger partial charge in [-0.1, -0.05) is 30.3 Å². The molecule has 0 saturated heterocycles. The Balaban J connectivity index is 1.61. The van der Waals surface area contributed by atoms with Crippen molar-refractivity contribution in [2.75, 3.05) is 6.61 Å². The molecule has 0 bridgehead atoms. The number of rotatable bonds is 7. The molecule has 1 aliphatic heterocycles. The van der Waals surface area contributed by atoms with Crippen LogP contribution in [0, 0.1) is 10.5 Å². The van der Waals surface area contributed by atoms with E-state index < -0.39 is 5.97 Å². The Morgan fingerprint density at radius 1 is 1.09 bits per heavy atom. The van der Waals surface area contributed by atoms with Gasteiger partial charge in [-0.15, -0.1) is 0 Å². The first-order valence-corrected chi connectivity index (χ1v) is 12.2. The maximum atomic E-state index is 12.4. The smallest absolute Gasteiger partial charge is 0.363 e. The summed E-state index contributed by atoms with van der Waals surface area (Å²) in [5.74, 6) is 1.02. The van der Waals surface area contributed by atoms with Crippen LogP contribution >= 0.6 is 38.5 Å². The first-order valence-electron chi connectivity index (χ1n) is 10.4. The lowest BCUT2D eigenvalue weighted by molar-refractivity contribution is -0.129. The zero-order chi connectivity index (χ0) is 23.4. The molecule has 1 aliphatic rings. The Morgan fingerprint density at radius 3 is 2.58 bits per heavy atom. The summed E-state index contributed by atoms with van der Waals surface area (Å²) < 4.78 is 19.2. The van der Waals surface area contributed by atoms with E-state index >= 15 is 0 Å². The lowest BCUT2D eigenvalue weighted by Gasteiger charge is -2.15. The van der Waals surface area contributed by atoms with Gasteiger partial charge in [0, 0.05) is 9.13 Å². The molecule has 0 saturated carbocycles. The monoisotopic (exact) mass is 617 g/mol. The first kappa shape index (κ1) is 23.5. The fraction of sp³-hybridized carbons (Fsp3) is 0.154. The fourth-order valence-electron chi connectivity index (χ4n) is 3.31. The van der Waals surface area contributed by atoms with E-state index in [1.807, 2.05) is 74.5 Å². The Bertz CT molecular complexity index is 1250. The number of cyclic esters (lactones) is 1. The van der Waals surface area contributed by atoms with Crippen molar-refractivity contribution in [3.8, 4) is 11.5 Å². The van der Waals surface area contributed by atoms with Crippen molar-refractivity contribution >= 4 is 56.5 Å². The Hall–Kier alpha value is -2.65. The molecule has 168 valence electrons. The van der Waals surface area contributed by atoms with Crippen molar-refractivity contribution in [2.45, 2.75) is 20.5 Å². The average Bonchev–Trinajstić information content (AvgIpc) is 3.15. The third-order valence-corrected chi connectivity index (χ3v) is 6.24. The van der Waals surface area contributed by atoms with Crippen molar-refractivity contribution in [1.29, 1.82) is 0 Å². The van der Waals surface area contributed by atoms with E-state index in [0.29, 0.717) is 30.6 Å². The van der Waals surface area contributed by atoms with Crippen LogP contribution < -0.4 is 9.47 Å². The molecule has 0 aromatic heterocycles. The molecule has 4 rings (SSSR count). The number of aryl methyl sites for hydroxylation is 1. The van der Waals surface area contributed by atoms with Crippen LogP contribution in [0.4, 0.5) is 0 Å². The van der Waals surface area contributed by atoms with Crippen LogP contribution in [0.5, 0.6) is 11.5 Å². The number of esters is 1. The van der Waals surface area contributed by atoms with E-state index in [9.17, 15) is 4.79 Å². The molecular formula is C26H21BrINO4. The van der Waals surface area contributed by atoms with Crippen molar-refractivity contribution in [3.05, 3.63) is 96.7 Å². The number of carbonyl (C=O) groups excluding carboxylic acids is 1. The zero-order valence-corrected chi connectivity index (χ0v) is 21.8. The lowest BCUT2D eigenvalue weighted by atomic mass is 10.1. The van der Waals surface area contributed by atoms with E-state index in [1.54, 1.807) is 6.08 Å². The molecule has 33 heavy (non-hydrogen) atoms. The number of nitrogens with zero attached hydrogens (tertiary/aromatic N) is 1. The lowest BCUT2D eigenvalue weighted by Crippen LogP contribution is -2.06. The summed E-state index contributed by atoms with van der Waals surface area (Å²) >= 11 is 5.86. The molecule has 0 unspecified atom stereocenters. The molecule has 0 N–H and O–H groups in total. The van der Waals surface area contributed by atoms with Crippen LogP contribution in [0.3, 0.4) is 0 Å². The Labute approximate surface area is 214 Å². The summed E-state index contributed by atoms with van der Waals surface area (Å²) in [6.45, 7) is 4.75. The number of hydrogen-bond acceptors (Lipinski definition) is 5. The Kier molecular flexibility index (Phi) is 7.49. The van der Waals surface area contributed by atoms with Gasteiger partial charge >= 0.3 is 5.97 Å². The molecule has 0 spiro atoms. The summed E-state index contributed by atoms with van der Waals surface area (Å²) in [7, 11) is 0. The van der Waals surface area contributed by atoms with Crippen LogP contribution in [0.25, 0.3) is 6.08 Å². The highest BCUT2D eigenvalue weighted by Gasteiger charge is 2.25. The van der Waals surface area contributed by atoms with Gasteiger partial charge in [-0.3, -0.25) is 0 Å². The Morgan fingerprint density at radius 2 is 1.85 bits per heavy atom. The highest BCUT2D eigenvalue weighted by atomic mass is 127. The van der Waals surface area contributed by atoms with Crippen molar-refractivity contribution in [2.24, 2.45) is 4.99 Å². The molecule has 0 amide bonds. The van der Waals surface area contributed by atoms with Crippen LogP contribution in [0.2, 0.25) is 0 Å². The summed E-state index contributed by atoms with van der Waals surface area (Å²) in [5, 5.41) is 0. The second-order valence-corrected chi connectivity index (χ2v) is 9.43. The van der Waals surface area contributed by atoms with Crippen LogP contribution in [-0.2, 0) is 16.1 Å². The molecule has 3 aromatic rings. The standard InChI is InChI=1S/C26H21BrINO4/c1-3-31-23-14-18(12-21(27)24(23)32-15-17-8-10-19(28)11-9-17)13-22-26(30)33-25(29-22)20-7-5-4-6-16(20)2/h4-14H,3,15H2,1-2H3/b22-13-. The summed E-state index contributed by atoms with van der Waals surface area (Å²) in [6.07, 6.45) is 1.68. The topological polar surface area (TPSA) is 57.1 Å². The number of aliphatic imine (C=N–C) groups is 1. The second kappa shape index (κ2) is 10.5. The quantitative estimate of drug-likeness (QED) is 0.169. The molecule has 0 atom stereocenters. The van der Waals surface area contributed by atoms with Crippen molar-refractivity contribution in [1.82, 2.24) is 0 Å². The fourth-order valence-corrected chi connectivity index (χ4v) is 4.24. The number of ether oxygens (including phenoxy) is 3. The van der Waals surface area contributed by atoms with Crippen LogP contribution in [-0.4, -0.2) is 18.5 Å². The van der Waals surface area contributed by atoms with E-state index in [2.05, 4.69) is 43.5 Å². The molecule has 0 radical (unpaired) electrons. The molecule has 0 fully saturated rings. The molecule has 7 heteroatoms. The third-order valence-electron chi connectivity index (χ3n) is 4.93. The van der Waals surface area contributed by atoms with Gasteiger partial charge in [0.1, 0.15) is 6.61 Å². The van der Waals surface area contributed by atoms with Crippen molar-refractivity contribution < 1.29 is 19.0 Å². The minimum atomic E-state index is -0.485. The zero-order valence-electron chi connectivity index (χ0n) is 18.1. The number of benzene rings is 3. The molecule has 0 aliphatic carbocycles. The molecule has 3 aromatic carbocycles. The third kappa shape index (κ3) is 5.65. The first-order chi connectivity index (χ1) is 15.9. The largest absolute Gasteiger partial charge is 0.490 e. The van der Waals surface area contributed by atoms with Gasteiger partial charge in [-0.25, -0.2) is 9.79 Å². The molecule has 5 nitrogen and oxygen atoms in total. The van der Waals surface area contributed by atoms with Gasteiger partial charge in [0.2, 0.25) is 5.90 Å². The average molecular weight is 618 g/mol. The molecule has 1 heterocycles. The van der Waals surface area contributed by atoms with Gasteiger partial charge in [-0.05, 0) is 105 Å². The second-order valence-electron chi connectivity index (χ2n) is 7.33. The predicted molar refractivity (Wildman–Crippen MR) is 141 cm³/mol. The van der Waals surface area contributed by atoms with Gasteiger partial charge in [-0.2, -0.15) is 0 Å². The van der Waals surface area contributed by atoms with Gasteiger partial charge in [0.15, 0.2) is 17.2 Å². The van der Waals surface area contributed by atoms with E-state index in [1.165, 1.54) is 3.57 Å². The van der Waals surface area contributed by atoms with E-state index in [4.69, 9.17) is 14.2 Å². The minimum Gasteiger partial charge on any atom is -0.490 e. The van der Waals surface area contributed by atoms with Crippen LogP contribution in [0.15, 0.2) is 75.8 Å². The summed E-state index contributed by atoms with van der Waals surface area (Å²) in [6, 6.07) is 19.5. The minimum absolute atomic E-state index is 0.232. The SMILES string of the molecule is CCOc1cc(/C=C2\N=C(c3ccccc3C)OC2=O)cc(Br)c1OCc1ccc(I)cc1. The summed E-state index contributed by atoms with van der Waals surface area (Å²) in [4.78, 5) is 16.9. The van der Waals surface area contributed by atoms with Crippen LogP contribution in [0.1, 0.15) is 29.2 Å². The highest BCUT2D eigenvalue weighted by Crippen LogP contribution is 2.38. The van der Waals surface area contributed by atoms with E-state index in [-0.39, 0.29) is 5.70 Å². The predicted octanol–water partition coefficient (Wildman–Crippen LogP) is 6.68. The normalized spacial score (nSPS) is 14.2. The summed E-state index contributed by atoms with van der Waals surface area (Å²) in [5.41, 5.74) is 3.82. The number of hydrogen-bond donors (Lipinski definition) is 0. The maximum Gasteiger partial charge on any atom is 0.363 e. The van der Waals surface area contributed by atoms with Crippen molar-refractivity contribution in [3.63, 3.8) is 0 Å². The number of halogens is 2. The van der Waals surface area contributed by atoms with E-state index in [0.717, 1.165) is 26.7 Å².